The summed E-state index contributed by atoms with van der Waals surface area (Å²) in [6.07, 6.45) is -1.48. The second-order valence-electron chi connectivity index (χ2n) is 7.95. The molecule has 3 aliphatic rings. The van der Waals surface area contributed by atoms with Gasteiger partial charge in [0.15, 0.2) is 0 Å². The Bertz CT molecular complexity index is 1090. The van der Waals surface area contributed by atoms with Gasteiger partial charge in [0.05, 0.1) is 17.4 Å². The summed E-state index contributed by atoms with van der Waals surface area (Å²) in [4.78, 5) is 31.8. The van der Waals surface area contributed by atoms with E-state index in [4.69, 9.17) is 0 Å². The van der Waals surface area contributed by atoms with Gasteiger partial charge in [-0.2, -0.15) is 0 Å². The Hall–Kier alpha value is -2.99. The number of carbonyl (C=O) groups excluding carboxylic acids is 2. The molecule has 3 atom stereocenters. The number of benzene rings is 1. The molecule has 5 rings (SSSR count). The number of rotatable bonds is 4. The lowest BCUT2D eigenvalue weighted by Gasteiger charge is -2.34. The zero-order valence-electron chi connectivity index (χ0n) is 17.2. The van der Waals surface area contributed by atoms with Crippen molar-refractivity contribution in [3.8, 4) is 5.75 Å². The lowest BCUT2D eigenvalue weighted by molar-refractivity contribution is -0.274. The Morgan fingerprint density at radius 1 is 1.30 bits per heavy atom. The molecule has 0 spiro atoms. The topological polar surface area (TPSA) is 95.6 Å². The molecule has 1 fully saturated rings. The smallest absolute Gasteiger partial charge is 0.406 e. The number of nitrogens with one attached hydrogen (secondary N) is 3. The first-order valence-electron chi connectivity index (χ1n) is 10.4. The van der Waals surface area contributed by atoms with Crippen LogP contribution in [0.25, 0.3) is 0 Å². The summed E-state index contributed by atoms with van der Waals surface area (Å²) in [5, 5.41) is 9.16. The molecule has 0 bridgehead atoms. The fraction of sp³-hybridized carbons (Fsp3) is 0.381. The largest absolute Gasteiger partial charge is 0.573 e. The highest BCUT2D eigenvalue weighted by Crippen LogP contribution is 2.50. The van der Waals surface area contributed by atoms with E-state index in [-0.39, 0.29) is 17.6 Å². The van der Waals surface area contributed by atoms with E-state index in [1.807, 2.05) is 0 Å². The van der Waals surface area contributed by atoms with Crippen molar-refractivity contribution in [2.24, 2.45) is 0 Å². The number of nitrogens with zero attached hydrogens (tertiary/aromatic N) is 2. The van der Waals surface area contributed by atoms with Gasteiger partial charge in [0.1, 0.15) is 16.0 Å². The van der Waals surface area contributed by atoms with Gasteiger partial charge in [0, 0.05) is 30.4 Å². The number of ether oxygens (including phenoxy) is 1. The van der Waals surface area contributed by atoms with Gasteiger partial charge in [-0.1, -0.05) is 17.8 Å². The highest BCUT2D eigenvalue weighted by Gasteiger charge is 2.47. The number of amides is 3. The van der Waals surface area contributed by atoms with Crippen LogP contribution in [0.1, 0.15) is 24.4 Å². The van der Waals surface area contributed by atoms with Crippen LogP contribution in [0.3, 0.4) is 0 Å². The number of carbonyl (C=O) groups is 2. The van der Waals surface area contributed by atoms with E-state index in [2.05, 4.69) is 25.7 Å². The molecule has 1 saturated heterocycles. The maximum atomic E-state index is 13.1. The Balaban J connectivity index is 1.43. The molecule has 3 N–H and O–H groups in total. The Kier molecular flexibility index (Phi) is 5.57. The van der Waals surface area contributed by atoms with E-state index in [1.54, 1.807) is 6.07 Å². The molecule has 3 amide bonds. The van der Waals surface area contributed by atoms with Crippen molar-refractivity contribution in [1.82, 2.24) is 20.9 Å². The Morgan fingerprint density at radius 2 is 2.15 bits per heavy atom. The molecule has 0 radical (unpaired) electrons. The van der Waals surface area contributed by atoms with Crippen LogP contribution in [0.4, 0.5) is 29.3 Å². The molecule has 2 aromatic rings. The number of pyridine rings is 1. The maximum absolute atomic E-state index is 13.1. The number of alkyl halides is 3. The molecule has 12 heteroatoms. The summed E-state index contributed by atoms with van der Waals surface area (Å²) in [6.45, 7) is 1.62. The minimum Gasteiger partial charge on any atom is -0.406 e. The lowest BCUT2D eigenvalue weighted by Crippen LogP contribution is -2.52. The van der Waals surface area contributed by atoms with Crippen LogP contribution in [0.2, 0.25) is 0 Å². The van der Waals surface area contributed by atoms with Crippen molar-refractivity contribution in [2.75, 3.05) is 18.0 Å². The van der Waals surface area contributed by atoms with Crippen LogP contribution in [-0.4, -0.2) is 47.7 Å². The summed E-state index contributed by atoms with van der Waals surface area (Å²) < 4.78 is 42.0. The Labute approximate surface area is 191 Å². The first-order valence-corrected chi connectivity index (χ1v) is 11.3. The fourth-order valence-corrected chi connectivity index (χ4v) is 5.60. The predicted molar refractivity (Wildman–Crippen MR) is 114 cm³/mol. The molecular formula is C21H20F3N5O3S. The summed E-state index contributed by atoms with van der Waals surface area (Å²) in [5.41, 5.74) is 1.35. The molecule has 33 heavy (non-hydrogen) atoms. The summed E-state index contributed by atoms with van der Waals surface area (Å²) >= 11 is 1.27. The summed E-state index contributed by atoms with van der Waals surface area (Å²) in [6, 6.07) is 5.69. The highest BCUT2D eigenvalue weighted by atomic mass is 32.2. The Morgan fingerprint density at radius 3 is 2.91 bits per heavy atom. The van der Waals surface area contributed by atoms with Crippen molar-refractivity contribution in [2.45, 2.75) is 41.6 Å². The van der Waals surface area contributed by atoms with Gasteiger partial charge in [-0.15, -0.1) is 13.2 Å². The van der Waals surface area contributed by atoms with Crippen molar-refractivity contribution < 1.29 is 27.5 Å². The van der Waals surface area contributed by atoms with Crippen molar-refractivity contribution >= 4 is 35.1 Å². The number of hydrogen-bond acceptors (Lipinski definition) is 6. The standard InChI is InChI=1S/C21H20F3N5O3S/c22-21(23,24)32-13-5-1-4-12(9-13)29-14-6-8-26-19-15(14)16(28-20(29)31)17(33-19)18(30)27-11-3-2-7-25-10-11/h1,4-6,8-9,11,16-17,25H,2-3,7,10H2,(H,27,30)(H,28,31)/t11?,16?,17-/m1/s1. The van der Waals surface area contributed by atoms with E-state index in [0.29, 0.717) is 22.8 Å². The van der Waals surface area contributed by atoms with Crippen LogP contribution >= 0.6 is 11.8 Å². The third-order valence-electron chi connectivity index (χ3n) is 5.72. The maximum Gasteiger partial charge on any atom is 0.573 e. The molecule has 0 saturated carbocycles. The van der Waals surface area contributed by atoms with Crippen molar-refractivity contribution in [3.05, 3.63) is 42.1 Å². The van der Waals surface area contributed by atoms with Crippen LogP contribution in [0.15, 0.2) is 41.6 Å². The van der Waals surface area contributed by atoms with E-state index < -0.39 is 29.4 Å². The predicted octanol–water partition coefficient (Wildman–Crippen LogP) is 3.23. The van der Waals surface area contributed by atoms with Gasteiger partial charge in [-0.25, -0.2) is 9.78 Å². The average molecular weight is 479 g/mol. The number of urea groups is 1. The van der Waals surface area contributed by atoms with Crippen LogP contribution in [0.5, 0.6) is 5.75 Å². The third kappa shape index (κ3) is 4.32. The molecule has 174 valence electrons. The third-order valence-corrected chi connectivity index (χ3v) is 7.01. The average Bonchev–Trinajstić information content (AvgIpc) is 3.13. The minimum absolute atomic E-state index is 0.0233. The van der Waals surface area contributed by atoms with Gasteiger partial charge in [0.2, 0.25) is 5.91 Å². The normalized spacial score (nSPS) is 24.2. The van der Waals surface area contributed by atoms with E-state index in [0.717, 1.165) is 31.5 Å². The zero-order valence-corrected chi connectivity index (χ0v) is 18.0. The van der Waals surface area contributed by atoms with E-state index >= 15 is 0 Å². The van der Waals surface area contributed by atoms with Crippen molar-refractivity contribution in [1.29, 1.82) is 0 Å². The molecule has 2 unspecified atom stereocenters. The van der Waals surface area contributed by atoms with Crippen LogP contribution < -0.4 is 25.6 Å². The molecule has 1 aromatic carbocycles. The van der Waals surface area contributed by atoms with Gasteiger partial charge < -0.3 is 20.7 Å². The number of thioether (sulfide) groups is 1. The zero-order chi connectivity index (χ0) is 23.2. The van der Waals surface area contributed by atoms with Gasteiger partial charge >= 0.3 is 12.4 Å². The second kappa shape index (κ2) is 8.41. The molecule has 3 aliphatic heterocycles. The fourth-order valence-electron chi connectivity index (χ4n) is 4.36. The number of hydrogen-bond donors (Lipinski definition) is 3. The summed E-state index contributed by atoms with van der Waals surface area (Å²) in [7, 11) is 0. The first kappa shape index (κ1) is 21.8. The molecular weight excluding hydrogens is 459 g/mol. The number of aromatic nitrogens is 1. The van der Waals surface area contributed by atoms with Gasteiger partial charge in [-0.05, 0) is 37.6 Å². The molecule has 8 nitrogen and oxygen atoms in total. The van der Waals surface area contributed by atoms with Crippen LogP contribution in [0, 0.1) is 0 Å². The number of halogens is 3. The SMILES string of the molecule is O=C(NC1CCCNC1)[C@@H]1Sc2nccc3c2C1NC(=O)N3c1cccc(OC(F)(F)F)c1. The van der Waals surface area contributed by atoms with Crippen molar-refractivity contribution in [3.63, 3.8) is 0 Å². The molecule has 4 heterocycles. The molecule has 0 aliphatic carbocycles. The van der Waals surface area contributed by atoms with Crippen LogP contribution in [-0.2, 0) is 4.79 Å². The lowest BCUT2D eigenvalue weighted by atomic mass is 9.99. The number of anilines is 2. The number of piperidine rings is 1. The first-order chi connectivity index (χ1) is 15.8. The van der Waals surface area contributed by atoms with Gasteiger partial charge in [-0.3, -0.25) is 9.69 Å². The van der Waals surface area contributed by atoms with E-state index in [1.165, 1.54) is 35.0 Å². The second-order valence-corrected chi connectivity index (χ2v) is 9.08. The monoisotopic (exact) mass is 479 g/mol. The van der Waals surface area contributed by atoms with E-state index in [9.17, 15) is 22.8 Å². The molecule has 1 aromatic heterocycles. The van der Waals surface area contributed by atoms with Gasteiger partial charge in [0.25, 0.3) is 0 Å². The highest BCUT2D eigenvalue weighted by molar-refractivity contribution is 8.01. The summed E-state index contributed by atoms with van der Waals surface area (Å²) in [5.74, 6) is -0.620. The quantitative estimate of drug-likeness (QED) is 0.624. The minimum atomic E-state index is -4.85.